The number of allylic oxidation sites excluding steroid dienone is 1. The van der Waals surface area contributed by atoms with Gasteiger partial charge in [-0.1, -0.05) is 18.2 Å². The van der Waals surface area contributed by atoms with Gasteiger partial charge in [-0.2, -0.15) is 4.99 Å². The predicted octanol–water partition coefficient (Wildman–Crippen LogP) is 4.44. The first-order valence-corrected chi connectivity index (χ1v) is 7.26. The predicted molar refractivity (Wildman–Crippen MR) is 83.3 cm³/mol. The van der Waals surface area contributed by atoms with Crippen LogP contribution in [0.25, 0.3) is 0 Å². The molecule has 0 bridgehead atoms. The average Bonchev–Trinajstić information content (AvgIpc) is 2.49. The second-order valence-corrected chi connectivity index (χ2v) is 5.06. The molecule has 0 aliphatic carbocycles. The van der Waals surface area contributed by atoms with Crippen LogP contribution in [0.4, 0.5) is 5.69 Å². The third-order valence-corrected chi connectivity index (χ3v) is 3.42. The number of unbranched alkanes of at least 4 members (excludes halogenated alkanes) is 1. The summed E-state index contributed by atoms with van der Waals surface area (Å²) in [6.07, 6.45) is 5.02. The van der Waals surface area contributed by atoms with E-state index in [4.69, 9.17) is 9.47 Å². The number of hydrogen-bond donors (Lipinski definition) is 0. The molecule has 0 amide bonds. The molecule has 1 saturated heterocycles. The van der Waals surface area contributed by atoms with Crippen molar-refractivity contribution in [3.05, 3.63) is 42.5 Å². The van der Waals surface area contributed by atoms with Gasteiger partial charge in [0.15, 0.2) is 6.29 Å². The number of benzene rings is 1. The van der Waals surface area contributed by atoms with Crippen molar-refractivity contribution >= 4 is 23.1 Å². The van der Waals surface area contributed by atoms with Crippen LogP contribution in [0.2, 0.25) is 0 Å². The van der Waals surface area contributed by atoms with Crippen LogP contribution in [0.5, 0.6) is 0 Å². The van der Waals surface area contributed by atoms with Crippen molar-refractivity contribution < 1.29 is 9.47 Å². The molecule has 0 radical (unpaired) electrons. The maximum atomic E-state index is 5.79. The highest BCUT2D eigenvalue weighted by Crippen LogP contribution is 2.28. The Balaban J connectivity index is 1.83. The molecule has 1 fully saturated rings. The van der Waals surface area contributed by atoms with Crippen LogP contribution in [0.15, 0.2) is 41.9 Å². The van der Waals surface area contributed by atoms with E-state index >= 15 is 0 Å². The number of aliphatic imine (C=N–C) groups is 1. The van der Waals surface area contributed by atoms with Crippen molar-refractivity contribution in [2.45, 2.75) is 25.6 Å². The minimum absolute atomic E-state index is 0.267. The highest BCUT2D eigenvalue weighted by atomic mass is 32.1. The maximum Gasteiger partial charge on any atom is 0.183 e. The Hall–Kier alpha value is -1.32. The van der Waals surface area contributed by atoms with Gasteiger partial charge in [-0.3, -0.25) is 0 Å². The molecule has 1 aromatic carbocycles. The fourth-order valence-electron chi connectivity index (χ4n) is 2.21. The molecular formula is C16H19NO2S. The van der Waals surface area contributed by atoms with E-state index in [0.717, 1.165) is 43.7 Å². The second kappa shape index (κ2) is 8.08. The summed E-state index contributed by atoms with van der Waals surface area (Å²) >= 11 is 4.58. The summed E-state index contributed by atoms with van der Waals surface area (Å²) in [6.45, 7) is 5.24. The van der Waals surface area contributed by atoms with Crippen LogP contribution in [-0.2, 0) is 9.47 Å². The molecule has 0 saturated carbocycles. The minimum atomic E-state index is -0.267. The van der Waals surface area contributed by atoms with E-state index < -0.39 is 0 Å². The molecule has 106 valence electrons. The number of ether oxygens (including phenoxy) is 2. The molecule has 0 atom stereocenters. The molecule has 0 spiro atoms. The van der Waals surface area contributed by atoms with Gasteiger partial charge in [-0.25, -0.2) is 0 Å². The van der Waals surface area contributed by atoms with E-state index in [2.05, 4.69) is 29.0 Å². The van der Waals surface area contributed by atoms with Crippen molar-refractivity contribution in [3.8, 4) is 0 Å². The second-order valence-electron chi connectivity index (χ2n) is 4.88. The van der Waals surface area contributed by atoms with Crippen LogP contribution in [0.1, 0.15) is 31.1 Å². The van der Waals surface area contributed by atoms with Crippen molar-refractivity contribution in [1.29, 1.82) is 0 Å². The number of nitrogens with zero attached hydrogens (tertiary/aromatic N) is 1. The fourth-order valence-corrected chi connectivity index (χ4v) is 2.32. The molecule has 20 heavy (non-hydrogen) atoms. The van der Waals surface area contributed by atoms with Gasteiger partial charge in [0, 0.05) is 11.5 Å². The summed E-state index contributed by atoms with van der Waals surface area (Å²) in [5.74, 6) is 0.491. The summed E-state index contributed by atoms with van der Waals surface area (Å²) in [7, 11) is 0. The Morgan fingerprint density at radius 3 is 2.60 bits per heavy atom. The fraction of sp³-hybridized carbons (Fsp3) is 0.438. The Morgan fingerprint density at radius 2 is 2.00 bits per heavy atom. The maximum absolute atomic E-state index is 5.79. The molecule has 1 aliphatic heterocycles. The molecule has 1 aromatic rings. The molecule has 4 heteroatoms. The van der Waals surface area contributed by atoms with Gasteiger partial charge in [-0.05, 0) is 43.6 Å². The third kappa shape index (κ3) is 4.36. The first-order valence-electron chi connectivity index (χ1n) is 6.85. The zero-order valence-electron chi connectivity index (χ0n) is 11.5. The standard InChI is InChI=1S/C16H19NO2S/c1-2-3-4-5-13-10-18-16(19-11-13)14-6-8-15(9-7-14)17-12-20/h2,6-9,13,16H,1,3-5,10-11H2. The Bertz CT molecular complexity index is 472. The topological polar surface area (TPSA) is 30.8 Å². The molecule has 0 unspecified atom stereocenters. The van der Waals surface area contributed by atoms with Gasteiger partial charge >= 0.3 is 0 Å². The van der Waals surface area contributed by atoms with Gasteiger partial charge in [0.25, 0.3) is 0 Å². The van der Waals surface area contributed by atoms with Crippen LogP contribution in [0.3, 0.4) is 0 Å². The van der Waals surface area contributed by atoms with Gasteiger partial charge in [0.05, 0.1) is 24.1 Å². The van der Waals surface area contributed by atoms with E-state index in [9.17, 15) is 0 Å². The first kappa shape index (κ1) is 15.1. The highest BCUT2D eigenvalue weighted by molar-refractivity contribution is 7.78. The lowest BCUT2D eigenvalue weighted by molar-refractivity contribution is -0.206. The molecule has 3 nitrogen and oxygen atoms in total. The van der Waals surface area contributed by atoms with Gasteiger partial charge < -0.3 is 9.47 Å². The molecular weight excluding hydrogens is 270 g/mol. The monoisotopic (exact) mass is 289 g/mol. The van der Waals surface area contributed by atoms with Gasteiger partial charge in [0.2, 0.25) is 0 Å². The molecule has 1 aliphatic rings. The lowest BCUT2D eigenvalue weighted by Crippen LogP contribution is -2.27. The Labute approximate surface area is 125 Å². The largest absolute Gasteiger partial charge is 0.348 e. The lowest BCUT2D eigenvalue weighted by atomic mass is 10.0. The number of rotatable bonds is 6. The highest BCUT2D eigenvalue weighted by Gasteiger charge is 2.23. The van der Waals surface area contributed by atoms with E-state index in [1.807, 2.05) is 30.3 Å². The zero-order valence-corrected chi connectivity index (χ0v) is 12.3. The lowest BCUT2D eigenvalue weighted by Gasteiger charge is -2.29. The molecule has 2 rings (SSSR count). The van der Waals surface area contributed by atoms with Gasteiger partial charge in [-0.15, -0.1) is 6.58 Å². The number of hydrogen-bond acceptors (Lipinski definition) is 4. The summed E-state index contributed by atoms with van der Waals surface area (Å²) in [6, 6.07) is 7.68. The normalized spacial score (nSPS) is 22.0. The summed E-state index contributed by atoms with van der Waals surface area (Å²) in [5, 5.41) is 2.35. The smallest absolute Gasteiger partial charge is 0.183 e. The van der Waals surface area contributed by atoms with E-state index in [0.29, 0.717) is 5.92 Å². The summed E-state index contributed by atoms with van der Waals surface area (Å²) in [4.78, 5) is 3.92. The van der Waals surface area contributed by atoms with Crippen LogP contribution >= 0.6 is 12.2 Å². The van der Waals surface area contributed by atoms with Crippen LogP contribution < -0.4 is 0 Å². The Morgan fingerprint density at radius 1 is 1.30 bits per heavy atom. The molecule has 1 heterocycles. The van der Waals surface area contributed by atoms with Crippen molar-refractivity contribution in [3.63, 3.8) is 0 Å². The van der Waals surface area contributed by atoms with E-state index in [1.54, 1.807) is 0 Å². The van der Waals surface area contributed by atoms with Crippen molar-refractivity contribution in [1.82, 2.24) is 0 Å². The van der Waals surface area contributed by atoms with Crippen molar-refractivity contribution in [2.75, 3.05) is 13.2 Å². The molecule has 0 N–H and O–H groups in total. The SMILES string of the molecule is C=CCCCC1COC(c2ccc(N=C=S)cc2)OC1. The quantitative estimate of drug-likeness (QED) is 0.336. The molecule has 0 aromatic heterocycles. The summed E-state index contributed by atoms with van der Waals surface area (Å²) < 4.78 is 11.6. The number of isothiocyanates is 1. The average molecular weight is 289 g/mol. The van der Waals surface area contributed by atoms with E-state index in [1.165, 1.54) is 0 Å². The van der Waals surface area contributed by atoms with Crippen LogP contribution in [0, 0.1) is 5.92 Å². The van der Waals surface area contributed by atoms with Crippen LogP contribution in [-0.4, -0.2) is 18.4 Å². The zero-order chi connectivity index (χ0) is 14.2. The third-order valence-electron chi connectivity index (χ3n) is 3.33. The van der Waals surface area contributed by atoms with Crippen molar-refractivity contribution in [2.24, 2.45) is 10.9 Å². The van der Waals surface area contributed by atoms with E-state index in [-0.39, 0.29) is 6.29 Å². The first-order chi connectivity index (χ1) is 9.83. The van der Waals surface area contributed by atoms with Gasteiger partial charge in [0.1, 0.15) is 0 Å². The number of thiocarbonyl (C=S) groups is 1. The minimum Gasteiger partial charge on any atom is -0.348 e. The summed E-state index contributed by atoms with van der Waals surface area (Å²) in [5.41, 5.74) is 1.81. The Kier molecular flexibility index (Phi) is 6.09.